The molecule has 0 radical (unpaired) electrons. The Kier molecular flexibility index (Phi) is 6.75. The van der Waals surface area contributed by atoms with E-state index in [1.54, 1.807) is 31.7 Å². The minimum Gasteiger partial charge on any atom is -0.466 e. The fourth-order valence-corrected chi connectivity index (χ4v) is 3.05. The van der Waals surface area contributed by atoms with E-state index in [0.717, 1.165) is 10.6 Å². The number of halogens is 1. The number of rotatable bonds is 6. The van der Waals surface area contributed by atoms with Gasteiger partial charge in [0, 0.05) is 16.3 Å². The standard InChI is InChI=1S/C17H19ClN2O3S/c1-11-10-15(12(2)23-11)17(22)20-19-16(21)4-3-9-24-14-7-5-13(18)6-8-14/h5-8,10H,3-4,9H2,1-2H3,(H,19,21)(H,20,22). The Morgan fingerprint density at radius 3 is 2.50 bits per heavy atom. The zero-order valence-corrected chi connectivity index (χ0v) is 15.1. The third-order valence-corrected chi connectivity index (χ3v) is 4.58. The number of amides is 2. The van der Waals surface area contributed by atoms with Gasteiger partial charge in [-0.25, -0.2) is 0 Å². The molecule has 5 nitrogen and oxygen atoms in total. The average Bonchev–Trinajstić information content (AvgIpc) is 2.89. The molecular formula is C17H19ClN2O3S. The van der Waals surface area contributed by atoms with Crippen LogP contribution in [0.1, 0.15) is 34.7 Å². The summed E-state index contributed by atoms with van der Waals surface area (Å²) >= 11 is 7.49. The second kappa shape index (κ2) is 8.80. The van der Waals surface area contributed by atoms with Gasteiger partial charge in [-0.1, -0.05) is 11.6 Å². The van der Waals surface area contributed by atoms with Crippen molar-refractivity contribution in [2.75, 3.05) is 5.75 Å². The van der Waals surface area contributed by atoms with Crippen LogP contribution in [0, 0.1) is 13.8 Å². The molecule has 128 valence electrons. The summed E-state index contributed by atoms with van der Waals surface area (Å²) < 4.78 is 5.29. The van der Waals surface area contributed by atoms with Crippen LogP contribution < -0.4 is 10.9 Å². The third kappa shape index (κ3) is 5.62. The first-order valence-electron chi connectivity index (χ1n) is 7.50. The Balaban J connectivity index is 1.65. The molecule has 2 N–H and O–H groups in total. The summed E-state index contributed by atoms with van der Waals surface area (Å²) in [4.78, 5) is 24.8. The molecule has 2 amide bonds. The maximum Gasteiger partial charge on any atom is 0.273 e. The van der Waals surface area contributed by atoms with E-state index in [4.69, 9.17) is 16.0 Å². The van der Waals surface area contributed by atoms with Crippen LogP contribution in [0.25, 0.3) is 0 Å². The average molecular weight is 367 g/mol. The maximum atomic E-state index is 11.9. The van der Waals surface area contributed by atoms with E-state index < -0.39 is 0 Å². The summed E-state index contributed by atoms with van der Waals surface area (Å²) in [6.45, 7) is 3.47. The van der Waals surface area contributed by atoms with Crippen molar-refractivity contribution >= 4 is 35.2 Å². The SMILES string of the molecule is Cc1cc(C(=O)NNC(=O)CCCSc2ccc(Cl)cc2)c(C)o1. The quantitative estimate of drug-likeness (QED) is 0.462. The highest BCUT2D eigenvalue weighted by Gasteiger charge is 2.13. The molecule has 0 fully saturated rings. The third-order valence-electron chi connectivity index (χ3n) is 3.23. The highest BCUT2D eigenvalue weighted by atomic mass is 35.5. The molecule has 24 heavy (non-hydrogen) atoms. The summed E-state index contributed by atoms with van der Waals surface area (Å²) in [5.41, 5.74) is 5.24. The van der Waals surface area contributed by atoms with Gasteiger partial charge in [-0.05, 0) is 56.4 Å². The van der Waals surface area contributed by atoms with Crippen molar-refractivity contribution in [3.63, 3.8) is 0 Å². The molecule has 1 aromatic carbocycles. The first-order valence-corrected chi connectivity index (χ1v) is 8.86. The number of hydrogen-bond acceptors (Lipinski definition) is 4. The molecule has 0 aliphatic rings. The smallest absolute Gasteiger partial charge is 0.273 e. The van der Waals surface area contributed by atoms with Crippen LogP contribution in [0.3, 0.4) is 0 Å². The maximum absolute atomic E-state index is 11.9. The van der Waals surface area contributed by atoms with Gasteiger partial charge >= 0.3 is 0 Å². The van der Waals surface area contributed by atoms with Crippen molar-refractivity contribution in [2.24, 2.45) is 0 Å². The lowest BCUT2D eigenvalue weighted by Gasteiger charge is -2.07. The van der Waals surface area contributed by atoms with Crippen LogP contribution >= 0.6 is 23.4 Å². The molecule has 1 aromatic heterocycles. The molecule has 0 aliphatic carbocycles. The van der Waals surface area contributed by atoms with Gasteiger partial charge in [0.1, 0.15) is 11.5 Å². The number of benzene rings is 1. The summed E-state index contributed by atoms with van der Waals surface area (Å²) in [6, 6.07) is 9.21. The number of nitrogens with one attached hydrogen (secondary N) is 2. The number of carbonyl (C=O) groups is 2. The van der Waals surface area contributed by atoms with Crippen LogP contribution in [0.4, 0.5) is 0 Å². The summed E-state index contributed by atoms with van der Waals surface area (Å²) in [5, 5.41) is 0.706. The lowest BCUT2D eigenvalue weighted by Crippen LogP contribution is -2.41. The Labute approximate surface area is 150 Å². The first-order chi connectivity index (χ1) is 11.5. The minimum absolute atomic E-state index is 0.224. The number of carbonyl (C=O) groups excluding carboxylic acids is 2. The van der Waals surface area contributed by atoms with E-state index in [9.17, 15) is 9.59 Å². The lowest BCUT2D eigenvalue weighted by molar-refractivity contribution is -0.121. The Hall–Kier alpha value is -1.92. The van der Waals surface area contributed by atoms with E-state index in [1.165, 1.54) is 0 Å². The molecule has 0 saturated heterocycles. The van der Waals surface area contributed by atoms with Crippen molar-refractivity contribution in [1.82, 2.24) is 10.9 Å². The van der Waals surface area contributed by atoms with Crippen LogP contribution in [0.5, 0.6) is 0 Å². The molecule has 0 saturated carbocycles. The fraction of sp³-hybridized carbons (Fsp3) is 0.294. The molecule has 0 spiro atoms. The highest BCUT2D eigenvalue weighted by molar-refractivity contribution is 7.99. The predicted octanol–water partition coefficient (Wildman–Crippen LogP) is 3.88. The number of hydrazine groups is 1. The van der Waals surface area contributed by atoms with Gasteiger partial charge in [0.2, 0.25) is 5.91 Å². The molecule has 0 unspecified atom stereocenters. The van der Waals surface area contributed by atoms with Crippen molar-refractivity contribution in [3.8, 4) is 0 Å². The Morgan fingerprint density at radius 2 is 1.88 bits per heavy atom. The summed E-state index contributed by atoms with van der Waals surface area (Å²) in [7, 11) is 0. The zero-order valence-electron chi connectivity index (χ0n) is 13.5. The largest absolute Gasteiger partial charge is 0.466 e. The normalized spacial score (nSPS) is 10.5. The van der Waals surface area contributed by atoms with Crippen LogP contribution in [0.2, 0.25) is 5.02 Å². The first kappa shape index (κ1) is 18.4. The van der Waals surface area contributed by atoms with Crippen molar-refractivity contribution in [1.29, 1.82) is 0 Å². The van der Waals surface area contributed by atoms with E-state index in [-0.39, 0.29) is 11.8 Å². The van der Waals surface area contributed by atoms with E-state index in [0.29, 0.717) is 34.9 Å². The van der Waals surface area contributed by atoms with Crippen molar-refractivity contribution in [2.45, 2.75) is 31.6 Å². The second-order valence-electron chi connectivity index (χ2n) is 5.24. The van der Waals surface area contributed by atoms with E-state index in [1.807, 2.05) is 24.3 Å². The number of aryl methyl sites for hydroxylation is 2. The molecule has 2 rings (SSSR count). The summed E-state index contributed by atoms with van der Waals surface area (Å²) in [6.07, 6.45) is 1.04. The Morgan fingerprint density at radius 1 is 1.17 bits per heavy atom. The monoisotopic (exact) mass is 366 g/mol. The summed E-state index contributed by atoms with van der Waals surface area (Å²) in [5.74, 6) is 1.39. The number of furan rings is 1. The minimum atomic E-state index is -0.381. The van der Waals surface area contributed by atoms with Crippen molar-refractivity contribution < 1.29 is 14.0 Å². The van der Waals surface area contributed by atoms with Gasteiger partial charge in [-0.2, -0.15) is 0 Å². The predicted molar refractivity (Wildman–Crippen MR) is 95.2 cm³/mol. The fourth-order valence-electron chi connectivity index (χ4n) is 2.07. The van der Waals surface area contributed by atoms with Crippen molar-refractivity contribution in [3.05, 3.63) is 52.4 Å². The molecule has 7 heteroatoms. The van der Waals surface area contributed by atoms with E-state index in [2.05, 4.69) is 10.9 Å². The van der Waals surface area contributed by atoms with Crippen LogP contribution in [-0.4, -0.2) is 17.6 Å². The topological polar surface area (TPSA) is 71.3 Å². The lowest BCUT2D eigenvalue weighted by atomic mass is 10.2. The Bertz CT molecular complexity index is 713. The van der Waals surface area contributed by atoms with Crippen LogP contribution in [0.15, 0.2) is 39.6 Å². The molecule has 0 atom stereocenters. The van der Waals surface area contributed by atoms with Gasteiger partial charge in [-0.3, -0.25) is 20.4 Å². The van der Waals surface area contributed by atoms with Gasteiger partial charge in [0.05, 0.1) is 5.56 Å². The van der Waals surface area contributed by atoms with Gasteiger partial charge in [0.15, 0.2) is 0 Å². The molecular weight excluding hydrogens is 348 g/mol. The van der Waals surface area contributed by atoms with Gasteiger partial charge in [0.25, 0.3) is 5.91 Å². The number of thioether (sulfide) groups is 1. The second-order valence-corrected chi connectivity index (χ2v) is 6.84. The van der Waals surface area contributed by atoms with Gasteiger partial charge in [-0.15, -0.1) is 11.8 Å². The molecule has 2 aromatic rings. The van der Waals surface area contributed by atoms with Gasteiger partial charge < -0.3 is 4.42 Å². The molecule has 0 aliphatic heterocycles. The highest BCUT2D eigenvalue weighted by Crippen LogP contribution is 2.21. The number of hydrogen-bond donors (Lipinski definition) is 2. The molecule has 0 bridgehead atoms. The van der Waals surface area contributed by atoms with E-state index >= 15 is 0 Å². The molecule has 1 heterocycles. The zero-order chi connectivity index (χ0) is 17.5. The van der Waals surface area contributed by atoms with Crippen LogP contribution in [-0.2, 0) is 4.79 Å².